The van der Waals surface area contributed by atoms with Crippen LogP contribution in [0.5, 0.6) is 17.2 Å². The quantitative estimate of drug-likeness (QED) is 0.688. The number of anilines is 1. The number of methoxy groups -OCH3 is 3. The van der Waals surface area contributed by atoms with Crippen molar-refractivity contribution >= 4 is 11.7 Å². The van der Waals surface area contributed by atoms with Crippen molar-refractivity contribution in [3.8, 4) is 17.2 Å². The van der Waals surface area contributed by atoms with E-state index in [2.05, 4.69) is 9.88 Å². The van der Waals surface area contributed by atoms with Gasteiger partial charge in [-0.2, -0.15) is 0 Å². The molecule has 162 valence electrons. The Morgan fingerprint density at radius 1 is 0.967 bits per heavy atom. The number of amides is 1. The summed E-state index contributed by atoms with van der Waals surface area (Å²) in [5.41, 5.74) is 1.70. The fourth-order valence-electron chi connectivity index (χ4n) is 3.54. The molecule has 0 spiro atoms. The number of piperazine rings is 1. The average molecular weight is 415 g/mol. The van der Waals surface area contributed by atoms with Gasteiger partial charge in [0.15, 0.2) is 11.5 Å². The lowest BCUT2D eigenvalue weighted by molar-refractivity contribution is 0.0627. The minimum atomic E-state index is 0.0452. The Hall–Kier alpha value is -3.00. The zero-order valence-corrected chi connectivity index (χ0v) is 18.3. The molecule has 8 heteroatoms. The highest BCUT2D eigenvalue weighted by Gasteiger charge is 2.24. The summed E-state index contributed by atoms with van der Waals surface area (Å²) in [4.78, 5) is 23.3. The van der Waals surface area contributed by atoms with Crippen molar-refractivity contribution in [2.45, 2.75) is 6.54 Å². The molecule has 2 heterocycles. The minimum absolute atomic E-state index is 0.0452. The molecule has 1 aromatic carbocycles. The Labute approximate surface area is 177 Å². The number of benzene rings is 1. The third-order valence-electron chi connectivity index (χ3n) is 5.29. The van der Waals surface area contributed by atoms with E-state index in [-0.39, 0.29) is 5.91 Å². The molecule has 1 amide bonds. The fraction of sp³-hybridized carbons (Fsp3) is 0.455. The Bertz CT molecular complexity index is 879. The topological polar surface area (TPSA) is 67.4 Å². The molecule has 0 unspecified atom stereocenters. The lowest BCUT2D eigenvalue weighted by Gasteiger charge is -2.35. The lowest BCUT2D eigenvalue weighted by atomic mass is 10.1. The summed E-state index contributed by atoms with van der Waals surface area (Å²) in [6.45, 7) is 3.64. The van der Waals surface area contributed by atoms with E-state index in [9.17, 15) is 4.79 Å². The monoisotopic (exact) mass is 414 g/mol. The van der Waals surface area contributed by atoms with Gasteiger partial charge in [-0.1, -0.05) is 0 Å². The van der Waals surface area contributed by atoms with Gasteiger partial charge in [-0.05, 0) is 18.2 Å². The van der Waals surface area contributed by atoms with E-state index in [1.165, 1.54) is 0 Å². The molecule has 30 heavy (non-hydrogen) atoms. The van der Waals surface area contributed by atoms with Crippen LogP contribution < -0.4 is 19.1 Å². The number of carbonyl (C=O) groups is 1. The number of hydrogen-bond acceptors (Lipinski definition) is 7. The number of carbonyl (C=O) groups excluding carboxylic acids is 1. The summed E-state index contributed by atoms with van der Waals surface area (Å²) < 4.78 is 16.3. The van der Waals surface area contributed by atoms with Gasteiger partial charge < -0.3 is 24.0 Å². The first-order chi connectivity index (χ1) is 14.5. The van der Waals surface area contributed by atoms with E-state index < -0.39 is 0 Å². The molecule has 2 aromatic rings. The second-order valence-corrected chi connectivity index (χ2v) is 7.38. The zero-order chi connectivity index (χ0) is 21.7. The summed E-state index contributed by atoms with van der Waals surface area (Å²) in [7, 11) is 8.71. The van der Waals surface area contributed by atoms with Crippen molar-refractivity contribution < 1.29 is 19.0 Å². The van der Waals surface area contributed by atoms with Crippen LogP contribution in [0.25, 0.3) is 0 Å². The molecule has 8 nitrogen and oxygen atoms in total. The number of ether oxygens (including phenoxy) is 3. The van der Waals surface area contributed by atoms with E-state index in [4.69, 9.17) is 14.2 Å². The third kappa shape index (κ3) is 4.76. The van der Waals surface area contributed by atoms with Gasteiger partial charge >= 0.3 is 0 Å². The molecule has 1 aliphatic heterocycles. The van der Waals surface area contributed by atoms with Crippen LogP contribution in [-0.2, 0) is 6.54 Å². The summed E-state index contributed by atoms with van der Waals surface area (Å²) in [5, 5.41) is 0. The number of hydrogen-bond donors (Lipinski definition) is 0. The Kier molecular flexibility index (Phi) is 6.99. The van der Waals surface area contributed by atoms with E-state index in [0.717, 1.165) is 30.2 Å². The highest BCUT2D eigenvalue weighted by atomic mass is 16.5. The first-order valence-corrected chi connectivity index (χ1v) is 9.90. The second kappa shape index (κ2) is 9.67. The van der Waals surface area contributed by atoms with Gasteiger partial charge in [0, 0.05) is 70.2 Å². The Morgan fingerprint density at radius 3 is 2.20 bits per heavy atom. The van der Waals surface area contributed by atoms with Crippen LogP contribution in [0.2, 0.25) is 0 Å². The molecule has 1 aliphatic rings. The van der Waals surface area contributed by atoms with Crippen LogP contribution in [0.4, 0.5) is 5.82 Å². The molecule has 0 bridgehead atoms. The van der Waals surface area contributed by atoms with Gasteiger partial charge in [-0.15, -0.1) is 0 Å². The molecule has 1 saturated heterocycles. The predicted octanol–water partition coefficient (Wildman–Crippen LogP) is 2.13. The Balaban J connectivity index is 1.65. The van der Waals surface area contributed by atoms with Crippen molar-refractivity contribution in [1.82, 2.24) is 14.8 Å². The molecule has 0 aliphatic carbocycles. The van der Waals surface area contributed by atoms with Gasteiger partial charge in [0.25, 0.3) is 5.91 Å². The average Bonchev–Trinajstić information content (AvgIpc) is 2.78. The predicted molar refractivity (Wildman–Crippen MR) is 116 cm³/mol. The molecular formula is C22H30N4O4. The first-order valence-electron chi connectivity index (χ1n) is 9.90. The molecule has 3 rings (SSSR count). The zero-order valence-electron chi connectivity index (χ0n) is 18.3. The molecule has 1 aromatic heterocycles. The highest BCUT2D eigenvalue weighted by Crippen LogP contribution is 2.35. The standard InChI is InChI=1S/C22H30N4O4/c1-24(2)21-13-16(6-7-23-21)22(27)26-10-8-25(9-11-26)15-17-12-19(29-4)20(30-5)14-18(17)28-3/h6-7,12-14H,8-11,15H2,1-5H3. The van der Waals surface area contributed by atoms with E-state index in [0.29, 0.717) is 36.7 Å². The smallest absolute Gasteiger partial charge is 0.254 e. The molecular weight excluding hydrogens is 384 g/mol. The molecule has 0 radical (unpaired) electrons. The first kappa shape index (κ1) is 21.7. The van der Waals surface area contributed by atoms with Crippen LogP contribution >= 0.6 is 0 Å². The largest absolute Gasteiger partial charge is 0.496 e. The molecule has 0 atom stereocenters. The van der Waals surface area contributed by atoms with Gasteiger partial charge in [0.05, 0.1) is 21.3 Å². The van der Waals surface area contributed by atoms with E-state index in [1.807, 2.05) is 42.1 Å². The minimum Gasteiger partial charge on any atom is -0.496 e. The summed E-state index contributed by atoms with van der Waals surface area (Å²) in [5.74, 6) is 2.91. The van der Waals surface area contributed by atoms with Crippen LogP contribution in [0.15, 0.2) is 30.5 Å². The van der Waals surface area contributed by atoms with E-state index >= 15 is 0 Å². The van der Waals surface area contributed by atoms with Gasteiger partial charge in [-0.3, -0.25) is 9.69 Å². The van der Waals surface area contributed by atoms with Crippen molar-refractivity contribution in [2.75, 3.05) is 66.5 Å². The van der Waals surface area contributed by atoms with Crippen LogP contribution in [-0.4, -0.2) is 82.3 Å². The van der Waals surface area contributed by atoms with E-state index in [1.54, 1.807) is 33.6 Å². The van der Waals surface area contributed by atoms with Gasteiger partial charge in [0.1, 0.15) is 11.6 Å². The highest BCUT2D eigenvalue weighted by molar-refractivity contribution is 5.95. The molecule has 0 saturated carbocycles. The summed E-state index contributed by atoms with van der Waals surface area (Å²) >= 11 is 0. The second-order valence-electron chi connectivity index (χ2n) is 7.38. The lowest BCUT2D eigenvalue weighted by Crippen LogP contribution is -2.48. The molecule has 0 N–H and O–H groups in total. The number of aromatic nitrogens is 1. The number of pyridine rings is 1. The molecule has 1 fully saturated rings. The van der Waals surface area contributed by atoms with Crippen LogP contribution in [0, 0.1) is 0 Å². The number of nitrogens with zero attached hydrogens (tertiary/aromatic N) is 4. The maximum Gasteiger partial charge on any atom is 0.254 e. The maximum atomic E-state index is 12.9. The van der Waals surface area contributed by atoms with Crippen LogP contribution in [0.3, 0.4) is 0 Å². The summed E-state index contributed by atoms with van der Waals surface area (Å²) in [6.07, 6.45) is 1.68. The third-order valence-corrected chi connectivity index (χ3v) is 5.29. The maximum absolute atomic E-state index is 12.9. The van der Waals surface area contributed by atoms with Crippen molar-refractivity contribution in [1.29, 1.82) is 0 Å². The van der Waals surface area contributed by atoms with Crippen molar-refractivity contribution in [2.24, 2.45) is 0 Å². The van der Waals surface area contributed by atoms with Crippen LogP contribution in [0.1, 0.15) is 15.9 Å². The normalized spacial score (nSPS) is 14.4. The number of rotatable bonds is 7. The Morgan fingerprint density at radius 2 is 1.60 bits per heavy atom. The van der Waals surface area contributed by atoms with Crippen molar-refractivity contribution in [3.63, 3.8) is 0 Å². The summed E-state index contributed by atoms with van der Waals surface area (Å²) in [6, 6.07) is 7.41. The fourth-order valence-corrected chi connectivity index (χ4v) is 3.54. The SMILES string of the molecule is COc1cc(OC)c(OC)cc1CN1CCN(C(=O)c2ccnc(N(C)C)c2)CC1. The van der Waals surface area contributed by atoms with Gasteiger partial charge in [0.2, 0.25) is 0 Å². The van der Waals surface area contributed by atoms with Gasteiger partial charge in [-0.25, -0.2) is 4.98 Å². The van der Waals surface area contributed by atoms with Crippen molar-refractivity contribution in [3.05, 3.63) is 41.6 Å².